The Morgan fingerprint density at radius 3 is 2.59 bits per heavy atom. The molecule has 1 atom stereocenters. The zero-order valence-electron chi connectivity index (χ0n) is 11.2. The first kappa shape index (κ1) is 14.4. The molecule has 0 radical (unpaired) electrons. The number of rotatable bonds is 4. The van der Waals surface area contributed by atoms with Gasteiger partial charge >= 0.3 is 0 Å². The number of carbonyl (C=O) groups is 1. The van der Waals surface area contributed by atoms with Gasteiger partial charge in [0.05, 0.1) is 10.5 Å². The van der Waals surface area contributed by atoms with Gasteiger partial charge in [0.2, 0.25) is 5.91 Å². The molecule has 4 nitrogen and oxygen atoms in total. The average molecular weight is 257 g/mol. The number of carbonyl (C=O) groups excluding carboxylic acids is 1. The van der Waals surface area contributed by atoms with E-state index in [0.717, 1.165) is 19.5 Å². The van der Waals surface area contributed by atoms with Crippen LogP contribution in [0.4, 0.5) is 0 Å². The molecule has 5 heteroatoms. The van der Waals surface area contributed by atoms with Crippen LogP contribution in [0.3, 0.4) is 0 Å². The molecule has 1 amide bonds. The molecule has 2 N–H and O–H groups in total. The van der Waals surface area contributed by atoms with Crippen LogP contribution in [-0.4, -0.2) is 52.4 Å². The Bertz CT molecular complexity index is 317. The summed E-state index contributed by atoms with van der Waals surface area (Å²) in [7, 11) is 1.86. The van der Waals surface area contributed by atoms with Crippen molar-refractivity contribution in [1.82, 2.24) is 9.80 Å². The van der Waals surface area contributed by atoms with Crippen molar-refractivity contribution in [1.29, 1.82) is 0 Å². The molecule has 1 rings (SSSR count). The van der Waals surface area contributed by atoms with E-state index < -0.39 is 5.54 Å². The predicted octanol–water partition coefficient (Wildman–Crippen LogP) is 0.994. The second kappa shape index (κ2) is 5.31. The summed E-state index contributed by atoms with van der Waals surface area (Å²) in [6.07, 6.45) is 1.64. The van der Waals surface area contributed by atoms with Gasteiger partial charge in [-0.05, 0) is 20.3 Å². The van der Waals surface area contributed by atoms with Crippen molar-refractivity contribution in [3.63, 3.8) is 0 Å². The molecular formula is C12H23N3OS. The second-order valence-electron chi connectivity index (χ2n) is 5.21. The van der Waals surface area contributed by atoms with Crippen LogP contribution in [0.5, 0.6) is 0 Å². The normalized spacial score (nSPS) is 22.6. The van der Waals surface area contributed by atoms with Crippen LogP contribution in [0.1, 0.15) is 33.6 Å². The van der Waals surface area contributed by atoms with Crippen LogP contribution < -0.4 is 5.73 Å². The molecule has 1 saturated heterocycles. The van der Waals surface area contributed by atoms with Gasteiger partial charge in [-0.15, -0.1) is 0 Å². The fraction of sp³-hybridized carbons (Fsp3) is 0.833. The van der Waals surface area contributed by atoms with E-state index in [-0.39, 0.29) is 11.9 Å². The summed E-state index contributed by atoms with van der Waals surface area (Å²) in [5.41, 5.74) is 5.18. The highest BCUT2D eigenvalue weighted by Crippen LogP contribution is 2.26. The van der Waals surface area contributed by atoms with Gasteiger partial charge in [-0.3, -0.25) is 9.69 Å². The van der Waals surface area contributed by atoms with Crippen molar-refractivity contribution in [2.45, 2.75) is 45.2 Å². The molecule has 1 fully saturated rings. The summed E-state index contributed by atoms with van der Waals surface area (Å²) >= 11 is 4.99. The quantitative estimate of drug-likeness (QED) is 0.763. The van der Waals surface area contributed by atoms with Crippen LogP contribution in [0.2, 0.25) is 0 Å². The Labute approximate surface area is 109 Å². The zero-order valence-corrected chi connectivity index (χ0v) is 12.0. The van der Waals surface area contributed by atoms with E-state index in [9.17, 15) is 4.79 Å². The topological polar surface area (TPSA) is 49.6 Å². The molecule has 0 saturated carbocycles. The van der Waals surface area contributed by atoms with Gasteiger partial charge in [0, 0.05) is 32.6 Å². The lowest BCUT2D eigenvalue weighted by Crippen LogP contribution is -2.64. The second-order valence-corrected chi connectivity index (χ2v) is 5.74. The maximum Gasteiger partial charge on any atom is 0.242 e. The Balaban J connectivity index is 2.88. The Kier molecular flexibility index (Phi) is 4.49. The number of nitrogens with zero attached hydrogens (tertiary/aromatic N) is 2. The molecule has 1 aliphatic heterocycles. The maximum atomic E-state index is 12.2. The minimum Gasteiger partial charge on any atom is -0.393 e. The van der Waals surface area contributed by atoms with Gasteiger partial charge in [0.25, 0.3) is 0 Å². The molecule has 1 unspecified atom stereocenters. The molecule has 0 aromatic heterocycles. The summed E-state index contributed by atoms with van der Waals surface area (Å²) in [6, 6.07) is 0.264. The van der Waals surface area contributed by atoms with E-state index in [1.807, 2.05) is 20.9 Å². The summed E-state index contributed by atoms with van der Waals surface area (Å²) in [6.45, 7) is 7.73. The summed E-state index contributed by atoms with van der Waals surface area (Å²) < 4.78 is 0. The van der Waals surface area contributed by atoms with Crippen molar-refractivity contribution in [3.8, 4) is 0 Å². The lowest BCUT2D eigenvalue weighted by molar-refractivity contribution is -0.149. The molecule has 17 heavy (non-hydrogen) atoms. The molecule has 1 heterocycles. The van der Waals surface area contributed by atoms with E-state index in [2.05, 4.69) is 11.8 Å². The molecule has 0 aromatic rings. The van der Waals surface area contributed by atoms with Gasteiger partial charge < -0.3 is 10.6 Å². The molecule has 0 spiro atoms. The Morgan fingerprint density at radius 1 is 1.53 bits per heavy atom. The monoisotopic (exact) mass is 257 g/mol. The van der Waals surface area contributed by atoms with Crippen LogP contribution in [0, 0.1) is 0 Å². The fourth-order valence-corrected chi connectivity index (χ4v) is 2.77. The first-order chi connectivity index (χ1) is 7.80. The van der Waals surface area contributed by atoms with Gasteiger partial charge in [-0.25, -0.2) is 0 Å². The first-order valence-electron chi connectivity index (χ1n) is 6.11. The SMILES string of the molecule is CCC(CC(N)=S)N1CCN(C)C(=O)C1(C)C. The Hall–Kier alpha value is -0.680. The highest BCUT2D eigenvalue weighted by Gasteiger charge is 2.42. The largest absolute Gasteiger partial charge is 0.393 e. The van der Waals surface area contributed by atoms with E-state index in [0.29, 0.717) is 11.4 Å². The number of nitrogens with two attached hydrogens (primary N) is 1. The number of amides is 1. The molecule has 1 aliphatic rings. The highest BCUT2D eigenvalue weighted by atomic mass is 32.1. The van der Waals surface area contributed by atoms with Crippen molar-refractivity contribution >= 4 is 23.1 Å². The van der Waals surface area contributed by atoms with Crippen molar-refractivity contribution in [2.24, 2.45) is 5.73 Å². The van der Waals surface area contributed by atoms with Crippen molar-refractivity contribution in [3.05, 3.63) is 0 Å². The minimum atomic E-state index is -0.460. The van der Waals surface area contributed by atoms with Crippen LogP contribution >= 0.6 is 12.2 Å². The lowest BCUT2D eigenvalue weighted by atomic mass is 9.93. The van der Waals surface area contributed by atoms with Gasteiger partial charge in [-0.1, -0.05) is 19.1 Å². The molecule has 98 valence electrons. The number of piperazine rings is 1. The van der Waals surface area contributed by atoms with Gasteiger partial charge in [0.15, 0.2) is 0 Å². The third-order valence-electron chi connectivity index (χ3n) is 3.61. The molecule has 0 bridgehead atoms. The lowest BCUT2D eigenvalue weighted by Gasteiger charge is -2.48. The first-order valence-corrected chi connectivity index (χ1v) is 6.52. The van der Waals surface area contributed by atoms with E-state index in [4.69, 9.17) is 18.0 Å². The van der Waals surface area contributed by atoms with Gasteiger partial charge in [0.1, 0.15) is 0 Å². The molecule has 0 aromatic carbocycles. The zero-order chi connectivity index (χ0) is 13.2. The van der Waals surface area contributed by atoms with Crippen LogP contribution in [0.15, 0.2) is 0 Å². The van der Waals surface area contributed by atoms with E-state index >= 15 is 0 Å². The summed E-state index contributed by atoms with van der Waals surface area (Å²) in [4.78, 5) is 16.8. The average Bonchev–Trinajstić information content (AvgIpc) is 2.23. The number of hydrogen-bond acceptors (Lipinski definition) is 3. The van der Waals surface area contributed by atoms with Crippen LogP contribution in [0.25, 0.3) is 0 Å². The smallest absolute Gasteiger partial charge is 0.242 e. The summed E-state index contributed by atoms with van der Waals surface area (Å²) in [5, 5.41) is 0. The van der Waals surface area contributed by atoms with Gasteiger partial charge in [-0.2, -0.15) is 0 Å². The number of thiocarbonyl (C=S) groups is 1. The third kappa shape index (κ3) is 2.96. The number of likely N-dealkylation sites (N-methyl/N-ethyl adjacent to an activating group) is 1. The van der Waals surface area contributed by atoms with Crippen molar-refractivity contribution < 1.29 is 4.79 Å². The predicted molar refractivity (Wildman–Crippen MR) is 73.9 cm³/mol. The minimum absolute atomic E-state index is 0.171. The van der Waals surface area contributed by atoms with Crippen molar-refractivity contribution in [2.75, 3.05) is 20.1 Å². The maximum absolute atomic E-state index is 12.2. The highest BCUT2D eigenvalue weighted by molar-refractivity contribution is 7.80. The number of hydrogen-bond donors (Lipinski definition) is 1. The Morgan fingerprint density at radius 2 is 2.12 bits per heavy atom. The standard InChI is InChI=1S/C12H23N3OS/c1-5-9(8-10(13)17)15-7-6-14(4)11(16)12(15,2)3/h9H,5-8H2,1-4H3,(H2,13,17). The third-order valence-corrected chi connectivity index (χ3v) is 3.78. The molecule has 0 aliphatic carbocycles. The van der Waals surface area contributed by atoms with E-state index in [1.54, 1.807) is 4.90 Å². The van der Waals surface area contributed by atoms with Crippen LogP contribution in [-0.2, 0) is 4.79 Å². The molecular weight excluding hydrogens is 234 g/mol. The summed E-state index contributed by atoms with van der Waals surface area (Å²) in [5.74, 6) is 0.171. The fourth-order valence-electron chi connectivity index (χ4n) is 2.57. The van der Waals surface area contributed by atoms with E-state index in [1.165, 1.54) is 0 Å².